The summed E-state index contributed by atoms with van der Waals surface area (Å²) in [5, 5.41) is 15.8. The largest absolute Gasteiger partial charge is 0.341 e. The maximum atomic E-state index is 13.7. The van der Waals surface area contributed by atoms with Crippen LogP contribution in [0, 0.1) is 10.1 Å². The molecule has 0 saturated carbocycles. The van der Waals surface area contributed by atoms with Crippen molar-refractivity contribution in [3.63, 3.8) is 0 Å². The van der Waals surface area contributed by atoms with E-state index in [0.717, 1.165) is 44.7 Å². The summed E-state index contributed by atoms with van der Waals surface area (Å²) in [6.45, 7) is 0. The van der Waals surface area contributed by atoms with Crippen LogP contribution >= 0.6 is 0 Å². The highest BCUT2D eigenvalue weighted by Crippen LogP contribution is 2.47. The number of nitrogens with one attached hydrogen (secondary N) is 2. The predicted molar refractivity (Wildman–Crippen MR) is 145 cm³/mol. The zero-order valence-electron chi connectivity index (χ0n) is 19.9. The van der Waals surface area contributed by atoms with Crippen LogP contribution in [0.4, 0.5) is 5.69 Å². The van der Waals surface area contributed by atoms with Crippen LogP contribution in [-0.4, -0.2) is 25.8 Å². The number of benzene rings is 4. The summed E-state index contributed by atoms with van der Waals surface area (Å²) in [5.41, 5.74) is 7.12. The van der Waals surface area contributed by atoms with Crippen molar-refractivity contribution in [1.29, 1.82) is 0 Å². The molecule has 0 radical (unpaired) electrons. The van der Waals surface area contributed by atoms with Gasteiger partial charge in [-0.1, -0.05) is 54.6 Å². The number of nitrogens with zero attached hydrogens (tertiary/aromatic N) is 3. The van der Waals surface area contributed by atoms with Crippen LogP contribution < -0.4 is 5.32 Å². The highest BCUT2D eigenvalue weighted by molar-refractivity contribution is 6.08. The summed E-state index contributed by atoms with van der Waals surface area (Å²) in [6, 6.07) is 25.4. The molecule has 8 heteroatoms. The van der Waals surface area contributed by atoms with Gasteiger partial charge in [-0.15, -0.1) is 0 Å². The number of H-pyrrole nitrogens is 1. The third-order valence-corrected chi connectivity index (χ3v) is 7.08. The minimum absolute atomic E-state index is 0.0115. The fourth-order valence-corrected chi connectivity index (χ4v) is 5.38. The van der Waals surface area contributed by atoms with Crippen molar-refractivity contribution in [2.24, 2.45) is 0 Å². The Morgan fingerprint density at radius 2 is 1.74 bits per heavy atom. The van der Waals surface area contributed by atoms with E-state index in [0.29, 0.717) is 16.3 Å². The van der Waals surface area contributed by atoms with Crippen molar-refractivity contribution < 1.29 is 9.72 Å². The van der Waals surface area contributed by atoms with E-state index in [1.807, 2.05) is 42.5 Å². The summed E-state index contributed by atoms with van der Waals surface area (Å²) in [7, 11) is 0. The molecule has 7 rings (SSSR count). The average Bonchev–Trinajstić information content (AvgIpc) is 3.52. The highest BCUT2D eigenvalue weighted by atomic mass is 16.6. The molecule has 1 aliphatic carbocycles. The number of hydrogen-bond donors (Lipinski definition) is 2. The van der Waals surface area contributed by atoms with E-state index in [9.17, 15) is 14.9 Å². The van der Waals surface area contributed by atoms with E-state index in [1.165, 1.54) is 12.1 Å². The highest BCUT2D eigenvalue weighted by Gasteiger charge is 2.32. The first-order valence-corrected chi connectivity index (χ1v) is 12.1. The minimum Gasteiger partial charge on any atom is -0.341 e. The number of aromatic amines is 1. The van der Waals surface area contributed by atoms with Crippen LogP contribution in [0.25, 0.3) is 44.3 Å². The number of non-ortho nitro benzene ring substituents is 1. The molecule has 2 aromatic heterocycles. The Kier molecular flexibility index (Phi) is 4.80. The lowest BCUT2D eigenvalue weighted by molar-refractivity contribution is -0.384. The molecular formula is C30H19N5O3. The topological polar surface area (TPSA) is 114 Å². The molecule has 1 aliphatic rings. The number of amides is 1. The van der Waals surface area contributed by atoms with Crippen molar-refractivity contribution in [2.45, 2.75) is 6.04 Å². The number of rotatable bonds is 4. The van der Waals surface area contributed by atoms with Crippen molar-refractivity contribution in [1.82, 2.24) is 20.3 Å². The molecule has 182 valence electrons. The normalized spacial score (nSPS) is 13.8. The molecule has 6 aromatic rings. The number of nitro groups is 1. The number of carbonyl (C=O) groups excluding carboxylic acids is 1. The van der Waals surface area contributed by atoms with Gasteiger partial charge in [-0.25, -0.2) is 4.98 Å². The third-order valence-electron chi connectivity index (χ3n) is 7.08. The van der Waals surface area contributed by atoms with Gasteiger partial charge in [0.1, 0.15) is 5.82 Å². The van der Waals surface area contributed by atoms with Crippen molar-refractivity contribution in [3.05, 3.63) is 124 Å². The summed E-state index contributed by atoms with van der Waals surface area (Å²) in [5.74, 6) is 0.486. The van der Waals surface area contributed by atoms with E-state index in [-0.39, 0.29) is 17.6 Å². The molecule has 0 spiro atoms. The molecule has 0 saturated heterocycles. The number of carbonyl (C=O) groups is 1. The van der Waals surface area contributed by atoms with Gasteiger partial charge in [0.2, 0.25) is 0 Å². The second-order valence-electron chi connectivity index (χ2n) is 9.21. The second-order valence-corrected chi connectivity index (χ2v) is 9.21. The summed E-state index contributed by atoms with van der Waals surface area (Å²) in [4.78, 5) is 36.8. The van der Waals surface area contributed by atoms with E-state index in [2.05, 4.69) is 21.4 Å². The van der Waals surface area contributed by atoms with E-state index in [1.54, 1.807) is 36.7 Å². The van der Waals surface area contributed by atoms with Crippen LogP contribution in [0.1, 0.15) is 27.5 Å². The van der Waals surface area contributed by atoms with Crippen molar-refractivity contribution >= 4 is 33.4 Å². The van der Waals surface area contributed by atoms with E-state index in [4.69, 9.17) is 4.98 Å². The summed E-state index contributed by atoms with van der Waals surface area (Å²) >= 11 is 0. The number of hydrogen-bond acceptors (Lipinski definition) is 5. The van der Waals surface area contributed by atoms with Crippen LogP contribution in [0.5, 0.6) is 0 Å². The molecule has 0 aliphatic heterocycles. The first-order valence-electron chi connectivity index (χ1n) is 12.1. The zero-order chi connectivity index (χ0) is 25.8. The summed E-state index contributed by atoms with van der Waals surface area (Å²) in [6.07, 6.45) is 3.47. The Hall–Kier alpha value is -5.37. The molecular weight excluding hydrogens is 478 g/mol. The van der Waals surface area contributed by atoms with Gasteiger partial charge in [-0.3, -0.25) is 19.9 Å². The fourth-order valence-electron chi connectivity index (χ4n) is 5.38. The van der Waals surface area contributed by atoms with Gasteiger partial charge < -0.3 is 10.3 Å². The molecule has 1 unspecified atom stereocenters. The van der Waals surface area contributed by atoms with Gasteiger partial charge in [-0.2, -0.15) is 0 Å². The molecule has 8 nitrogen and oxygen atoms in total. The number of imidazole rings is 1. The summed E-state index contributed by atoms with van der Waals surface area (Å²) < 4.78 is 0. The lowest BCUT2D eigenvalue weighted by Gasteiger charge is -2.17. The standard InChI is InChI=1S/C30H19N5O3/c36-30(22-8-3-5-17-15-18(35(37)38)11-12-19(17)22)34-28-21-7-2-1-6-20(21)27-23(28)9-4-10-24(27)29-32-25-13-14-31-16-26(25)33-29/h1-16,28H,(H,32,33)(H,34,36). The predicted octanol–water partition coefficient (Wildman–Crippen LogP) is 6.19. The first-order chi connectivity index (χ1) is 18.6. The SMILES string of the molecule is O=C(NC1c2ccccc2-c2c(-c3nc4ccncc4[nH]3)cccc21)c1cccc2cc([N+](=O)[O-])ccc12. The Balaban J connectivity index is 1.32. The van der Waals surface area contributed by atoms with Gasteiger partial charge in [-0.05, 0) is 51.2 Å². The zero-order valence-corrected chi connectivity index (χ0v) is 19.9. The van der Waals surface area contributed by atoms with Gasteiger partial charge in [0.15, 0.2) is 0 Å². The van der Waals surface area contributed by atoms with Crippen LogP contribution in [0.2, 0.25) is 0 Å². The van der Waals surface area contributed by atoms with Crippen molar-refractivity contribution in [2.75, 3.05) is 0 Å². The number of pyridine rings is 1. The fraction of sp³-hybridized carbons (Fsp3) is 0.0333. The number of nitro benzene ring substituents is 1. The average molecular weight is 498 g/mol. The minimum atomic E-state index is -0.436. The lowest BCUT2D eigenvalue weighted by Crippen LogP contribution is -2.28. The quantitative estimate of drug-likeness (QED) is 0.223. The molecule has 1 atom stereocenters. The Morgan fingerprint density at radius 3 is 2.61 bits per heavy atom. The molecule has 0 bridgehead atoms. The van der Waals surface area contributed by atoms with Gasteiger partial charge in [0.05, 0.1) is 28.2 Å². The molecule has 4 aromatic carbocycles. The molecule has 2 N–H and O–H groups in total. The van der Waals surface area contributed by atoms with Gasteiger partial charge in [0, 0.05) is 29.5 Å². The molecule has 0 fully saturated rings. The van der Waals surface area contributed by atoms with Gasteiger partial charge >= 0.3 is 0 Å². The number of fused-ring (bicyclic) bond motifs is 5. The van der Waals surface area contributed by atoms with Crippen LogP contribution in [-0.2, 0) is 0 Å². The smallest absolute Gasteiger partial charge is 0.270 e. The van der Waals surface area contributed by atoms with Gasteiger partial charge in [0.25, 0.3) is 11.6 Å². The van der Waals surface area contributed by atoms with Crippen LogP contribution in [0.15, 0.2) is 97.3 Å². The monoisotopic (exact) mass is 497 g/mol. The molecule has 2 heterocycles. The van der Waals surface area contributed by atoms with E-state index >= 15 is 0 Å². The van der Waals surface area contributed by atoms with Crippen molar-refractivity contribution in [3.8, 4) is 22.5 Å². The maximum absolute atomic E-state index is 13.7. The van der Waals surface area contributed by atoms with Crippen LogP contribution in [0.3, 0.4) is 0 Å². The Bertz CT molecular complexity index is 1890. The second kappa shape index (κ2) is 8.35. The third kappa shape index (κ3) is 3.35. The Labute approximate surface area is 216 Å². The first kappa shape index (κ1) is 21.9. The number of aromatic nitrogens is 3. The maximum Gasteiger partial charge on any atom is 0.270 e. The lowest BCUT2D eigenvalue weighted by atomic mass is 9.98. The van der Waals surface area contributed by atoms with E-state index < -0.39 is 4.92 Å². The molecule has 38 heavy (non-hydrogen) atoms. The molecule has 1 amide bonds. The Morgan fingerprint density at radius 1 is 0.921 bits per heavy atom.